The summed E-state index contributed by atoms with van der Waals surface area (Å²) >= 11 is 5.82. The van der Waals surface area contributed by atoms with Crippen molar-refractivity contribution in [2.24, 2.45) is 0 Å². The molecule has 0 amide bonds. The summed E-state index contributed by atoms with van der Waals surface area (Å²) in [6.45, 7) is 1.76. The summed E-state index contributed by atoms with van der Waals surface area (Å²) in [4.78, 5) is 0.00441. The van der Waals surface area contributed by atoms with Crippen molar-refractivity contribution in [3.63, 3.8) is 0 Å². The van der Waals surface area contributed by atoms with Crippen molar-refractivity contribution >= 4 is 27.3 Å². The van der Waals surface area contributed by atoms with Crippen LogP contribution in [0.1, 0.15) is 5.56 Å². The molecule has 0 aliphatic rings. The third-order valence-electron chi connectivity index (χ3n) is 1.92. The molecule has 0 saturated heterocycles. The van der Waals surface area contributed by atoms with Crippen LogP contribution in [0.2, 0.25) is 5.02 Å². The Morgan fingerprint density at radius 1 is 1.43 bits per heavy atom. The van der Waals surface area contributed by atoms with E-state index in [2.05, 4.69) is 4.72 Å². The van der Waals surface area contributed by atoms with E-state index in [0.717, 1.165) is 5.56 Å². The number of nitrogen functional groups attached to an aromatic ring is 1. The second-order valence-corrected chi connectivity index (χ2v) is 5.05. The van der Waals surface area contributed by atoms with Crippen molar-refractivity contribution < 1.29 is 8.42 Å². The van der Waals surface area contributed by atoms with Gasteiger partial charge in [-0.3, -0.25) is 0 Å². The number of hydrogen-bond acceptors (Lipinski definition) is 3. The molecule has 0 saturated carbocycles. The van der Waals surface area contributed by atoms with E-state index in [9.17, 15) is 8.42 Å². The Hall–Kier alpha value is -0.780. The number of rotatable bonds is 2. The lowest BCUT2D eigenvalue weighted by Gasteiger charge is -2.08. The first-order valence-corrected chi connectivity index (χ1v) is 5.74. The van der Waals surface area contributed by atoms with Crippen molar-refractivity contribution in [1.29, 1.82) is 0 Å². The summed E-state index contributed by atoms with van der Waals surface area (Å²) in [6.07, 6.45) is 0. The van der Waals surface area contributed by atoms with Gasteiger partial charge >= 0.3 is 0 Å². The fourth-order valence-corrected chi connectivity index (χ4v) is 2.32. The molecule has 0 radical (unpaired) electrons. The molecule has 0 fully saturated rings. The van der Waals surface area contributed by atoms with Gasteiger partial charge in [-0.15, -0.1) is 0 Å². The van der Waals surface area contributed by atoms with Gasteiger partial charge in [0.15, 0.2) is 0 Å². The molecule has 14 heavy (non-hydrogen) atoms. The second kappa shape index (κ2) is 3.76. The van der Waals surface area contributed by atoms with Gasteiger partial charge in [-0.2, -0.15) is 0 Å². The molecule has 0 unspecified atom stereocenters. The van der Waals surface area contributed by atoms with Gasteiger partial charge in [-0.25, -0.2) is 13.1 Å². The molecule has 78 valence electrons. The molecule has 6 heteroatoms. The Morgan fingerprint density at radius 2 is 2.00 bits per heavy atom. The predicted octanol–water partition coefficient (Wildman–Crippen LogP) is 1.14. The molecular weight excluding hydrogens is 224 g/mol. The molecule has 0 aromatic heterocycles. The maximum Gasteiger partial charge on any atom is 0.241 e. The van der Waals surface area contributed by atoms with Crippen molar-refractivity contribution in [3.05, 3.63) is 22.7 Å². The van der Waals surface area contributed by atoms with Crippen LogP contribution in [0.5, 0.6) is 0 Å². The lowest BCUT2D eigenvalue weighted by Crippen LogP contribution is -2.19. The van der Waals surface area contributed by atoms with Crippen molar-refractivity contribution in [2.75, 3.05) is 12.8 Å². The molecule has 0 aliphatic carbocycles. The van der Waals surface area contributed by atoms with E-state index in [4.69, 9.17) is 17.3 Å². The SMILES string of the molecule is CNS(=O)(=O)c1ccc(C)c(N)c1Cl. The van der Waals surface area contributed by atoms with Gasteiger partial charge < -0.3 is 5.73 Å². The van der Waals surface area contributed by atoms with Crippen molar-refractivity contribution in [1.82, 2.24) is 4.72 Å². The molecule has 3 N–H and O–H groups in total. The van der Waals surface area contributed by atoms with E-state index < -0.39 is 10.0 Å². The van der Waals surface area contributed by atoms with E-state index >= 15 is 0 Å². The minimum absolute atomic E-state index is 0.00441. The molecule has 1 aromatic carbocycles. The first-order chi connectivity index (χ1) is 6.40. The number of aryl methyl sites for hydroxylation is 1. The molecule has 0 atom stereocenters. The quantitative estimate of drug-likeness (QED) is 0.754. The van der Waals surface area contributed by atoms with E-state index in [1.54, 1.807) is 13.0 Å². The lowest BCUT2D eigenvalue weighted by molar-refractivity contribution is 0.588. The predicted molar refractivity (Wildman–Crippen MR) is 56.8 cm³/mol. The zero-order valence-corrected chi connectivity index (χ0v) is 9.41. The highest BCUT2D eigenvalue weighted by molar-refractivity contribution is 7.89. The van der Waals surface area contributed by atoms with Crippen LogP contribution in [0.4, 0.5) is 5.69 Å². The fraction of sp³-hybridized carbons (Fsp3) is 0.250. The number of nitrogens with one attached hydrogen (secondary N) is 1. The lowest BCUT2D eigenvalue weighted by atomic mass is 10.2. The Balaban J connectivity index is 3.47. The number of sulfonamides is 1. The van der Waals surface area contributed by atoms with Gasteiger partial charge in [0.05, 0.1) is 10.7 Å². The molecule has 1 aromatic rings. The Kier molecular flexibility index (Phi) is 3.04. The fourth-order valence-electron chi connectivity index (χ4n) is 0.987. The maximum atomic E-state index is 11.4. The summed E-state index contributed by atoms with van der Waals surface area (Å²) in [5.41, 5.74) is 6.66. The summed E-state index contributed by atoms with van der Waals surface area (Å²) < 4.78 is 25.0. The van der Waals surface area contributed by atoms with Crippen LogP contribution in [0.3, 0.4) is 0 Å². The maximum absolute atomic E-state index is 11.4. The first-order valence-electron chi connectivity index (χ1n) is 3.88. The van der Waals surface area contributed by atoms with E-state index in [1.807, 2.05) is 0 Å². The monoisotopic (exact) mass is 234 g/mol. The largest absolute Gasteiger partial charge is 0.397 e. The van der Waals surface area contributed by atoms with Crippen LogP contribution in [0, 0.1) is 6.92 Å². The van der Waals surface area contributed by atoms with Gasteiger partial charge in [0.25, 0.3) is 0 Å². The Morgan fingerprint density at radius 3 is 2.50 bits per heavy atom. The topological polar surface area (TPSA) is 72.2 Å². The van der Waals surface area contributed by atoms with Crippen LogP contribution in [-0.4, -0.2) is 15.5 Å². The number of anilines is 1. The minimum atomic E-state index is -3.53. The summed E-state index contributed by atoms with van der Waals surface area (Å²) in [5.74, 6) is 0. The van der Waals surface area contributed by atoms with Gasteiger partial charge in [0, 0.05) is 0 Å². The third-order valence-corrected chi connectivity index (χ3v) is 3.90. The van der Waals surface area contributed by atoms with Gasteiger partial charge in [0.2, 0.25) is 10.0 Å². The zero-order chi connectivity index (χ0) is 10.9. The average Bonchev–Trinajstić information content (AvgIpc) is 2.14. The van der Waals surface area contributed by atoms with Crippen molar-refractivity contribution in [3.8, 4) is 0 Å². The Bertz CT molecular complexity index is 457. The molecule has 0 aliphatic heterocycles. The standard InChI is InChI=1S/C8H11ClN2O2S/c1-5-3-4-6(7(9)8(5)10)14(12,13)11-2/h3-4,11H,10H2,1-2H3. The molecule has 0 spiro atoms. The smallest absolute Gasteiger partial charge is 0.241 e. The van der Waals surface area contributed by atoms with Crippen LogP contribution < -0.4 is 10.5 Å². The highest BCUT2D eigenvalue weighted by Crippen LogP contribution is 2.29. The van der Waals surface area contributed by atoms with Crippen LogP contribution in [0.15, 0.2) is 17.0 Å². The molecule has 0 bridgehead atoms. The number of halogens is 1. The summed E-state index contributed by atoms with van der Waals surface area (Å²) in [6, 6.07) is 3.05. The highest BCUT2D eigenvalue weighted by Gasteiger charge is 2.17. The van der Waals surface area contributed by atoms with E-state index in [0.29, 0.717) is 5.69 Å². The Labute approximate surface area is 88.1 Å². The van der Waals surface area contributed by atoms with Crippen LogP contribution in [0.25, 0.3) is 0 Å². The average molecular weight is 235 g/mol. The summed E-state index contributed by atoms with van der Waals surface area (Å²) in [5, 5.41) is 0.0688. The van der Waals surface area contributed by atoms with Crippen LogP contribution >= 0.6 is 11.6 Å². The zero-order valence-electron chi connectivity index (χ0n) is 7.83. The number of hydrogen-bond donors (Lipinski definition) is 2. The van der Waals surface area contributed by atoms with Gasteiger partial charge in [-0.05, 0) is 25.6 Å². The number of nitrogens with two attached hydrogens (primary N) is 1. The molecular formula is C8H11ClN2O2S. The van der Waals surface area contributed by atoms with E-state index in [-0.39, 0.29) is 9.92 Å². The molecule has 0 heterocycles. The summed E-state index contributed by atoms with van der Waals surface area (Å²) in [7, 11) is -2.21. The van der Waals surface area contributed by atoms with Crippen molar-refractivity contribution in [2.45, 2.75) is 11.8 Å². The normalized spacial score (nSPS) is 11.6. The minimum Gasteiger partial charge on any atom is -0.397 e. The molecule has 1 rings (SSSR count). The first kappa shape index (κ1) is 11.3. The van der Waals surface area contributed by atoms with E-state index in [1.165, 1.54) is 13.1 Å². The highest BCUT2D eigenvalue weighted by atomic mass is 35.5. The van der Waals surface area contributed by atoms with Crippen LogP contribution in [-0.2, 0) is 10.0 Å². The van der Waals surface area contributed by atoms with Gasteiger partial charge in [0.1, 0.15) is 4.90 Å². The molecule has 4 nitrogen and oxygen atoms in total. The number of benzene rings is 1. The van der Waals surface area contributed by atoms with Gasteiger partial charge in [-0.1, -0.05) is 17.7 Å². The third kappa shape index (κ3) is 1.84. The second-order valence-electron chi connectivity index (χ2n) is 2.82.